The first-order valence-electron chi connectivity index (χ1n) is 8.85. The highest BCUT2D eigenvalue weighted by Gasteiger charge is 2.34. The number of hydrogen-bond donors (Lipinski definition) is 2. The van der Waals surface area contributed by atoms with E-state index in [1.807, 2.05) is 10.8 Å². The van der Waals surface area contributed by atoms with Crippen molar-refractivity contribution in [2.45, 2.75) is 44.3 Å². The van der Waals surface area contributed by atoms with Crippen LogP contribution >= 0.6 is 0 Å². The molecule has 1 saturated carbocycles. The predicted octanol–water partition coefficient (Wildman–Crippen LogP) is 2.29. The van der Waals surface area contributed by atoms with Crippen LogP contribution in [-0.2, 0) is 19.3 Å². The van der Waals surface area contributed by atoms with Crippen LogP contribution in [0.3, 0.4) is 0 Å². The van der Waals surface area contributed by atoms with Crippen LogP contribution in [0.15, 0.2) is 30.9 Å². The number of rotatable bonds is 6. The lowest BCUT2D eigenvalue weighted by Crippen LogP contribution is -2.35. The number of nitrogens with zero attached hydrogens (tertiary/aromatic N) is 4. The second-order valence-corrected chi connectivity index (χ2v) is 7.22. The van der Waals surface area contributed by atoms with E-state index in [9.17, 15) is 18.3 Å². The van der Waals surface area contributed by atoms with Gasteiger partial charge in [0.15, 0.2) is 0 Å². The van der Waals surface area contributed by atoms with Gasteiger partial charge in [0.2, 0.25) is 0 Å². The van der Waals surface area contributed by atoms with E-state index in [2.05, 4.69) is 15.3 Å². The van der Waals surface area contributed by atoms with Gasteiger partial charge in [0.05, 0.1) is 12.4 Å². The van der Waals surface area contributed by atoms with Crippen molar-refractivity contribution in [3.63, 3.8) is 0 Å². The molecule has 0 spiro atoms. The lowest BCUT2D eigenvalue weighted by Gasteiger charge is -2.21. The van der Waals surface area contributed by atoms with Crippen molar-refractivity contribution in [3.05, 3.63) is 42.1 Å². The van der Waals surface area contributed by atoms with Crippen LogP contribution < -0.4 is 10.2 Å². The Labute approximate surface area is 156 Å². The predicted molar refractivity (Wildman–Crippen MR) is 95.2 cm³/mol. The van der Waals surface area contributed by atoms with E-state index in [4.69, 9.17) is 0 Å². The standard InChI is InChI=1S/C18H24F3N5O/c1-25(2)17-13(3-4-16(24-17)18(19,20)21)9-23-14-7-12(8-15(14)27)10-26-6-5-22-11-26/h3-6,11-12,14-15,23,27H,7-10H2,1-2H3/t12?,14-,15-/m1/s1. The van der Waals surface area contributed by atoms with Crippen molar-refractivity contribution in [2.75, 3.05) is 19.0 Å². The van der Waals surface area contributed by atoms with Crippen LogP contribution in [-0.4, -0.2) is 45.9 Å². The fraction of sp³-hybridized carbons (Fsp3) is 0.556. The van der Waals surface area contributed by atoms with E-state index in [0.29, 0.717) is 24.4 Å². The van der Waals surface area contributed by atoms with Gasteiger partial charge >= 0.3 is 6.18 Å². The number of pyridine rings is 1. The second-order valence-electron chi connectivity index (χ2n) is 7.22. The maximum Gasteiger partial charge on any atom is 0.433 e. The maximum atomic E-state index is 12.9. The fourth-order valence-corrected chi connectivity index (χ4v) is 3.58. The lowest BCUT2D eigenvalue weighted by molar-refractivity contribution is -0.141. The Morgan fingerprint density at radius 2 is 2.07 bits per heavy atom. The molecule has 1 aliphatic carbocycles. The van der Waals surface area contributed by atoms with E-state index >= 15 is 0 Å². The SMILES string of the molecule is CN(C)c1nc(C(F)(F)F)ccc1CN[C@@H]1CC(Cn2ccnc2)C[C@H]1O. The molecule has 2 aromatic heterocycles. The van der Waals surface area contributed by atoms with Crippen LogP contribution in [0.4, 0.5) is 19.0 Å². The topological polar surface area (TPSA) is 66.2 Å². The van der Waals surface area contributed by atoms with Crippen molar-refractivity contribution in [2.24, 2.45) is 5.92 Å². The Morgan fingerprint density at radius 1 is 1.30 bits per heavy atom. The molecule has 2 aromatic rings. The highest BCUT2D eigenvalue weighted by atomic mass is 19.4. The molecule has 1 unspecified atom stereocenters. The molecule has 0 saturated heterocycles. The van der Waals surface area contributed by atoms with Gasteiger partial charge in [-0.05, 0) is 24.8 Å². The van der Waals surface area contributed by atoms with Gasteiger partial charge in [-0.25, -0.2) is 9.97 Å². The molecule has 1 fully saturated rings. The maximum absolute atomic E-state index is 12.9. The minimum Gasteiger partial charge on any atom is -0.391 e. The molecule has 3 atom stereocenters. The van der Waals surface area contributed by atoms with Crippen LogP contribution in [0.1, 0.15) is 24.1 Å². The number of alkyl halides is 3. The summed E-state index contributed by atoms with van der Waals surface area (Å²) < 4.78 is 40.7. The first-order chi connectivity index (χ1) is 12.7. The van der Waals surface area contributed by atoms with Gasteiger partial charge in [-0.3, -0.25) is 0 Å². The number of halogens is 3. The summed E-state index contributed by atoms with van der Waals surface area (Å²) >= 11 is 0. The van der Waals surface area contributed by atoms with E-state index < -0.39 is 18.0 Å². The Kier molecular flexibility index (Phi) is 5.71. The fourth-order valence-electron chi connectivity index (χ4n) is 3.58. The number of anilines is 1. The summed E-state index contributed by atoms with van der Waals surface area (Å²) in [6, 6.07) is 2.34. The largest absolute Gasteiger partial charge is 0.433 e. The summed E-state index contributed by atoms with van der Waals surface area (Å²) in [7, 11) is 3.33. The third-order valence-electron chi connectivity index (χ3n) is 4.88. The van der Waals surface area contributed by atoms with Gasteiger partial charge in [0.1, 0.15) is 11.5 Å². The molecule has 2 N–H and O–H groups in total. The third-order valence-corrected chi connectivity index (χ3v) is 4.88. The minimum atomic E-state index is -4.47. The van der Waals surface area contributed by atoms with Crippen molar-refractivity contribution >= 4 is 5.82 Å². The zero-order chi connectivity index (χ0) is 19.6. The van der Waals surface area contributed by atoms with Crippen molar-refractivity contribution in [1.29, 1.82) is 0 Å². The Bertz CT molecular complexity index is 748. The molecule has 148 valence electrons. The van der Waals surface area contributed by atoms with Crippen molar-refractivity contribution in [3.8, 4) is 0 Å². The molecule has 9 heteroatoms. The van der Waals surface area contributed by atoms with Crippen molar-refractivity contribution < 1.29 is 18.3 Å². The molecule has 6 nitrogen and oxygen atoms in total. The molecule has 0 radical (unpaired) electrons. The molecule has 0 aliphatic heterocycles. The number of nitrogens with one attached hydrogen (secondary N) is 1. The number of aliphatic hydroxyl groups excluding tert-OH is 1. The summed E-state index contributed by atoms with van der Waals surface area (Å²) in [6.45, 7) is 1.14. The average molecular weight is 383 g/mol. The molecule has 0 bridgehead atoms. The number of aromatic nitrogens is 3. The van der Waals surface area contributed by atoms with Crippen LogP contribution in [0, 0.1) is 5.92 Å². The molecular formula is C18H24F3N5O. The molecule has 3 rings (SSSR count). The van der Waals surface area contributed by atoms with Crippen LogP contribution in [0.2, 0.25) is 0 Å². The van der Waals surface area contributed by atoms with Crippen LogP contribution in [0.5, 0.6) is 0 Å². The summed E-state index contributed by atoms with van der Waals surface area (Å²) in [5.74, 6) is 0.602. The highest BCUT2D eigenvalue weighted by molar-refractivity contribution is 5.46. The average Bonchev–Trinajstić information content (AvgIpc) is 3.22. The minimum absolute atomic E-state index is 0.101. The third kappa shape index (κ3) is 4.78. The number of imidazole rings is 1. The Balaban J connectivity index is 1.64. The first kappa shape index (κ1) is 19.6. The normalized spacial score (nSPS) is 23.0. The zero-order valence-corrected chi connectivity index (χ0v) is 15.3. The monoisotopic (exact) mass is 383 g/mol. The van der Waals surface area contributed by atoms with E-state index in [1.54, 1.807) is 31.5 Å². The Morgan fingerprint density at radius 3 is 2.70 bits per heavy atom. The van der Waals surface area contributed by atoms with Gasteiger partial charge in [-0.2, -0.15) is 13.2 Å². The highest BCUT2D eigenvalue weighted by Crippen LogP contribution is 2.31. The van der Waals surface area contributed by atoms with E-state index in [0.717, 1.165) is 19.0 Å². The summed E-state index contributed by atoms with van der Waals surface area (Å²) in [5, 5.41) is 13.6. The summed E-state index contributed by atoms with van der Waals surface area (Å²) in [6.07, 6.45) is 1.89. The van der Waals surface area contributed by atoms with Crippen LogP contribution in [0.25, 0.3) is 0 Å². The molecule has 0 aromatic carbocycles. The van der Waals surface area contributed by atoms with Gasteiger partial charge in [-0.1, -0.05) is 6.07 Å². The molecule has 1 aliphatic rings. The van der Waals surface area contributed by atoms with Gasteiger partial charge in [-0.15, -0.1) is 0 Å². The quantitative estimate of drug-likeness (QED) is 0.801. The molecule has 27 heavy (non-hydrogen) atoms. The summed E-state index contributed by atoms with van der Waals surface area (Å²) in [4.78, 5) is 9.35. The molecular weight excluding hydrogens is 359 g/mol. The van der Waals surface area contributed by atoms with E-state index in [1.165, 1.54) is 6.07 Å². The second kappa shape index (κ2) is 7.85. The lowest BCUT2D eigenvalue weighted by atomic mass is 10.1. The first-order valence-corrected chi connectivity index (χ1v) is 8.85. The van der Waals surface area contributed by atoms with Gasteiger partial charge in [0, 0.05) is 51.2 Å². The Hall–Kier alpha value is -2.13. The van der Waals surface area contributed by atoms with Crippen molar-refractivity contribution in [1.82, 2.24) is 19.9 Å². The smallest absolute Gasteiger partial charge is 0.391 e. The molecule has 0 amide bonds. The summed E-state index contributed by atoms with van der Waals surface area (Å²) in [5.41, 5.74) is -0.241. The van der Waals surface area contributed by atoms with Gasteiger partial charge < -0.3 is 19.9 Å². The number of aliphatic hydroxyl groups is 1. The van der Waals surface area contributed by atoms with E-state index in [-0.39, 0.29) is 11.9 Å². The zero-order valence-electron chi connectivity index (χ0n) is 15.3. The number of hydrogen-bond acceptors (Lipinski definition) is 5. The van der Waals surface area contributed by atoms with Gasteiger partial charge in [0.25, 0.3) is 0 Å². The molecule has 2 heterocycles.